The van der Waals surface area contributed by atoms with Crippen molar-refractivity contribution in [2.24, 2.45) is 0 Å². The van der Waals surface area contributed by atoms with Gasteiger partial charge in [-0.1, -0.05) is 23.7 Å². The smallest absolute Gasteiger partial charge is 0.160 e. The third-order valence-electron chi connectivity index (χ3n) is 2.04. The highest BCUT2D eigenvalue weighted by atomic mass is 35.5. The van der Waals surface area contributed by atoms with Crippen LogP contribution in [-0.4, -0.2) is 10.8 Å². The fourth-order valence-corrected chi connectivity index (χ4v) is 1.69. The zero-order chi connectivity index (χ0) is 9.42. The minimum Gasteiger partial charge on any atom is -0.360 e. The molecule has 13 heavy (non-hydrogen) atoms. The minimum atomic E-state index is 0.0344. The minimum absolute atomic E-state index is 0.0344. The lowest BCUT2D eigenvalue weighted by Gasteiger charge is -1.97. The number of rotatable bonds is 1. The maximum absolute atomic E-state index is 11.2. The van der Waals surface area contributed by atoms with E-state index in [9.17, 15) is 4.79 Å². The first kappa shape index (κ1) is 8.32. The van der Waals surface area contributed by atoms with Crippen LogP contribution in [0, 0.1) is 0 Å². The van der Waals surface area contributed by atoms with E-state index in [4.69, 9.17) is 11.6 Å². The normalized spacial score (nSPS) is 10.6. The Morgan fingerprint density at radius 2 is 2.23 bits per heavy atom. The average Bonchev–Trinajstić information content (AvgIpc) is 2.48. The molecule has 0 fully saturated rings. The number of nitrogens with one attached hydrogen (secondary N) is 1. The number of ketones is 1. The van der Waals surface area contributed by atoms with E-state index < -0.39 is 0 Å². The first-order valence-corrected chi connectivity index (χ1v) is 4.34. The highest BCUT2D eigenvalue weighted by Gasteiger charge is 2.09. The van der Waals surface area contributed by atoms with Gasteiger partial charge in [0, 0.05) is 22.7 Å². The van der Waals surface area contributed by atoms with Crippen LogP contribution in [-0.2, 0) is 0 Å². The number of carbonyl (C=O) groups excluding carboxylic acids is 1. The van der Waals surface area contributed by atoms with E-state index in [2.05, 4.69) is 4.98 Å². The summed E-state index contributed by atoms with van der Waals surface area (Å²) in [5, 5.41) is 1.41. The van der Waals surface area contributed by atoms with Crippen LogP contribution in [0.3, 0.4) is 0 Å². The lowest BCUT2D eigenvalue weighted by atomic mass is 10.1. The average molecular weight is 194 g/mol. The highest BCUT2D eigenvalue weighted by Crippen LogP contribution is 2.26. The molecule has 0 aliphatic heterocycles. The van der Waals surface area contributed by atoms with Gasteiger partial charge in [0.25, 0.3) is 0 Å². The number of H-pyrrole nitrogens is 1. The van der Waals surface area contributed by atoms with E-state index in [1.165, 1.54) is 6.92 Å². The molecule has 0 saturated heterocycles. The molecule has 3 heteroatoms. The molecular formula is C10H8ClNO. The highest BCUT2D eigenvalue weighted by molar-refractivity contribution is 6.37. The Morgan fingerprint density at radius 3 is 2.92 bits per heavy atom. The molecule has 0 unspecified atom stereocenters. The topological polar surface area (TPSA) is 32.9 Å². The molecule has 0 radical (unpaired) electrons. The van der Waals surface area contributed by atoms with Crippen LogP contribution in [0.5, 0.6) is 0 Å². The van der Waals surface area contributed by atoms with Crippen molar-refractivity contribution in [2.45, 2.75) is 6.92 Å². The molecule has 1 heterocycles. The van der Waals surface area contributed by atoms with Crippen molar-refractivity contribution in [1.29, 1.82) is 0 Å². The Morgan fingerprint density at radius 1 is 1.46 bits per heavy atom. The van der Waals surface area contributed by atoms with Gasteiger partial charge in [0.05, 0.1) is 5.02 Å². The molecule has 0 aliphatic carbocycles. The summed E-state index contributed by atoms with van der Waals surface area (Å²) in [6.45, 7) is 1.54. The van der Waals surface area contributed by atoms with Crippen LogP contribution < -0.4 is 0 Å². The number of aromatic amines is 1. The molecule has 1 aromatic carbocycles. The maximum atomic E-state index is 11.2. The van der Waals surface area contributed by atoms with Crippen molar-refractivity contribution in [3.63, 3.8) is 0 Å². The molecule has 0 bridgehead atoms. The van der Waals surface area contributed by atoms with Crippen LogP contribution in [0.1, 0.15) is 17.3 Å². The predicted octanol–water partition coefficient (Wildman–Crippen LogP) is 3.02. The molecule has 0 aliphatic rings. The van der Waals surface area contributed by atoms with Crippen LogP contribution in [0.15, 0.2) is 24.4 Å². The van der Waals surface area contributed by atoms with Crippen molar-refractivity contribution in [3.8, 4) is 0 Å². The van der Waals surface area contributed by atoms with Gasteiger partial charge in [-0.3, -0.25) is 4.79 Å². The van der Waals surface area contributed by atoms with Gasteiger partial charge in [0.15, 0.2) is 5.78 Å². The number of aromatic nitrogens is 1. The van der Waals surface area contributed by atoms with Gasteiger partial charge in [-0.15, -0.1) is 0 Å². The zero-order valence-electron chi connectivity index (χ0n) is 7.10. The fourth-order valence-electron chi connectivity index (χ4n) is 1.44. The summed E-state index contributed by atoms with van der Waals surface area (Å²) in [5.41, 5.74) is 1.57. The summed E-state index contributed by atoms with van der Waals surface area (Å²) in [4.78, 5) is 14.2. The molecule has 0 amide bonds. The Balaban J connectivity index is 2.88. The van der Waals surface area contributed by atoms with Crippen LogP contribution in [0.25, 0.3) is 10.9 Å². The summed E-state index contributed by atoms with van der Waals surface area (Å²) in [5.74, 6) is 0.0344. The van der Waals surface area contributed by atoms with E-state index in [1.54, 1.807) is 12.3 Å². The van der Waals surface area contributed by atoms with Crippen LogP contribution >= 0.6 is 11.6 Å². The summed E-state index contributed by atoms with van der Waals surface area (Å²) in [6.07, 6.45) is 1.69. The second kappa shape index (κ2) is 2.89. The molecule has 0 atom stereocenters. The third-order valence-corrected chi connectivity index (χ3v) is 2.34. The first-order chi connectivity index (χ1) is 6.20. The van der Waals surface area contributed by atoms with Crippen molar-refractivity contribution in [1.82, 2.24) is 4.98 Å². The molecule has 1 N–H and O–H groups in total. The second-order valence-electron chi connectivity index (χ2n) is 2.92. The largest absolute Gasteiger partial charge is 0.360 e. The number of benzene rings is 1. The molecule has 2 aromatic rings. The van der Waals surface area contributed by atoms with Gasteiger partial charge in [0.1, 0.15) is 0 Å². The summed E-state index contributed by atoms with van der Waals surface area (Å²) in [7, 11) is 0. The third kappa shape index (κ3) is 1.23. The SMILES string of the molecule is CC(=O)c1cccc2[nH]cc(Cl)c12. The molecule has 1 aromatic heterocycles. The number of hydrogen-bond donors (Lipinski definition) is 1. The van der Waals surface area contributed by atoms with Crippen LogP contribution in [0.2, 0.25) is 5.02 Å². The fraction of sp³-hybridized carbons (Fsp3) is 0.100. The monoisotopic (exact) mass is 193 g/mol. The summed E-state index contributed by atoms with van der Waals surface area (Å²) < 4.78 is 0. The van der Waals surface area contributed by atoms with Crippen LogP contribution in [0.4, 0.5) is 0 Å². The Hall–Kier alpha value is -1.28. The first-order valence-electron chi connectivity index (χ1n) is 3.96. The Labute approximate surface area is 80.5 Å². The maximum Gasteiger partial charge on any atom is 0.160 e. The lowest BCUT2D eigenvalue weighted by molar-refractivity contribution is 0.101. The number of halogens is 1. The van der Waals surface area contributed by atoms with Crippen molar-refractivity contribution >= 4 is 28.3 Å². The van der Waals surface area contributed by atoms with Crippen molar-refractivity contribution in [3.05, 3.63) is 35.0 Å². The van der Waals surface area contributed by atoms with E-state index in [0.717, 1.165) is 10.9 Å². The van der Waals surface area contributed by atoms with Crippen molar-refractivity contribution < 1.29 is 4.79 Å². The zero-order valence-corrected chi connectivity index (χ0v) is 7.85. The molecule has 0 spiro atoms. The standard InChI is InChI=1S/C10H8ClNO/c1-6(13)7-3-2-4-9-10(7)8(11)5-12-9/h2-5,12H,1H3. The van der Waals surface area contributed by atoms with Crippen molar-refractivity contribution in [2.75, 3.05) is 0 Å². The number of fused-ring (bicyclic) bond motifs is 1. The van der Waals surface area contributed by atoms with Gasteiger partial charge < -0.3 is 4.98 Å². The molecule has 2 rings (SSSR count). The Bertz CT molecular complexity index is 473. The number of Topliss-reactive ketones (excluding diaryl/α,β-unsaturated/α-hetero) is 1. The van der Waals surface area contributed by atoms with E-state index >= 15 is 0 Å². The van der Waals surface area contributed by atoms with Gasteiger partial charge >= 0.3 is 0 Å². The summed E-state index contributed by atoms with van der Waals surface area (Å²) in [6, 6.07) is 5.52. The Kier molecular flexibility index (Phi) is 1.85. The van der Waals surface area contributed by atoms with Gasteiger partial charge in [-0.2, -0.15) is 0 Å². The molecule has 66 valence electrons. The quantitative estimate of drug-likeness (QED) is 0.694. The predicted molar refractivity (Wildman–Crippen MR) is 53.3 cm³/mol. The number of carbonyl (C=O) groups is 1. The molecule has 0 saturated carbocycles. The van der Waals surface area contributed by atoms with E-state index in [1.807, 2.05) is 12.1 Å². The summed E-state index contributed by atoms with van der Waals surface area (Å²) >= 11 is 5.94. The van der Waals surface area contributed by atoms with Gasteiger partial charge in [0.2, 0.25) is 0 Å². The van der Waals surface area contributed by atoms with E-state index in [-0.39, 0.29) is 5.78 Å². The second-order valence-corrected chi connectivity index (χ2v) is 3.33. The molecular weight excluding hydrogens is 186 g/mol. The van der Waals surface area contributed by atoms with E-state index in [0.29, 0.717) is 10.6 Å². The molecule has 2 nitrogen and oxygen atoms in total. The van der Waals surface area contributed by atoms with Gasteiger partial charge in [-0.25, -0.2) is 0 Å². The number of hydrogen-bond acceptors (Lipinski definition) is 1. The van der Waals surface area contributed by atoms with Gasteiger partial charge in [-0.05, 0) is 13.0 Å². The lowest BCUT2D eigenvalue weighted by Crippen LogP contribution is -1.91.